The summed E-state index contributed by atoms with van der Waals surface area (Å²) in [6.45, 7) is 5.53. The van der Waals surface area contributed by atoms with Crippen molar-refractivity contribution in [3.63, 3.8) is 0 Å². The third kappa shape index (κ3) is 4.38. The highest BCUT2D eigenvalue weighted by Crippen LogP contribution is 2.38. The van der Waals surface area contributed by atoms with E-state index in [9.17, 15) is 4.79 Å². The van der Waals surface area contributed by atoms with Crippen molar-refractivity contribution in [2.24, 2.45) is 8.73 Å². The third-order valence-electron chi connectivity index (χ3n) is 3.97. The molecule has 1 aromatic carbocycles. The number of nitrogens with one attached hydrogen (secondary N) is 2. The maximum absolute atomic E-state index is 12.4. The molecule has 1 atom stereocenters. The van der Waals surface area contributed by atoms with Crippen molar-refractivity contribution in [2.45, 2.75) is 25.8 Å². The summed E-state index contributed by atoms with van der Waals surface area (Å²) in [6, 6.07) is 6.14. The molecule has 0 aliphatic carbocycles. The Morgan fingerprint density at radius 1 is 1.48 bits per heavy atom. The van der Waals surface area contributed by atoms with Crippen molar-refractivity contribution in [1.29, 1.82) is 0 Å². The molecule has 2 N–H and O–H groups in total. The molecule has 6 nitrogen and oxygen atoms in total. The molecule has 2 heterocycles. The summed E-state index contributed by atoms with van der Waals surface area (Å²) in [5, 5.41) is 6.35. The number of halogens is 1. The lowest BCUT2D eigenvalue weighted by Crippen LogP contribution is -2.42. The van der Waals surface area contributed by atoms with E-state index in [1.165, 1.54) is 11.4 Å². The number of nitrogens with zero attached hydrogens (tertiary/aromatic N) is 3. The molecule has 0 spiro atoms. The highest BCUT2D eigenvalue weighted by atomic mass is 35.5. The van der Waals surface area contributed by atoms with E-state index in [4.69, 9.17) is 0 Å². The monoisotopic (exact) mass is 355 g/mol. The average molecular weight is 356 g/mol. The van der Waals surface area contributed by atoms with Crippen LogP contribution in [0, 0.1) is 0 Å². The second-order valence-electron chi connectivity index (χ2n) is 5.60. The summed E-state index contributed by atoms with van der Waals surface area (Å²) >= 11 is 1.17. The van der Waals surface area contributed by atoms with Gasteiger partial charge in [0, 0.05) is 12.6 Å². The Hall–Kier alpha value is -1.28. The maximum Gasteiger partial charge on any atom is 0.238 e. The van der Waals surface area contributed by atoms with Gasteiger partial charge in [0.1, 0.15) is 11.4 Å². The van der Waals surface area contributed by atoms with E-state index in [1.54, 1.807) is 0 Å². The van der Waals surface area contributed by atoms with E-state index >= 15 is 0 Å². The smallest absolute Gasteiger partial charge is 0.238 e. The van der Waals surface area contributed by atoms with Gasteiger partial charge in [0.05, 0.1) is 23.6 Å². The molecule has 0 bridgehead atoms. The van der Waals surface area contributed by atoms with E-state index in [-0.39, 0.29) is 18.3 Å². The lowest BCUT2D eigenvalue weighted by Gasteiger charge is -2.27. The number of anilines is 1. The summed E-state index contributed by atoms with van der Waals surface area (Å²) in [5.74, 6) is 0.0147. The fraction of sp³-hybridized carbons (Fsp3) is 0.533. The molecule has 3 rings (SSSR count). The van der Waals surface area contributed by atoms with Crippen molar-refractivity contribution in [3.8, 4) is 0 Å². The van der Waals surface area contributed by atoms with Gasteiger partial charge in [-0.2, -0.15) is 8.73 Å². The van der Waals surface area contributed by atoms with Crippen LogP contribution in [0.3, 0.4) is 0 Å². The molecule has 0 radical (unpaired) electrons. The summed E-state index contributed by atoms with van der Waals surface area (Å²) in [7, 11) is 0. The normalized spacial score (nSPS) is 18.4. The molecule has 8 heteroatoms. The van der Waals surface area contributed by atoms with Crippen LogP contribution in [0.2, 0.25) is 0 Å². The van der Waals surface area contributed by atoms with Crippen molar-refractivity contribution < 1.29 is 4.79 Å². The number of hydrogen-bond donors (Lipinski definition) is 2. The molecule has 1 amide bonds. The summed E-state index contributed by atoms with van der Waals surface area (Å²) in [6.07, 6.45) is 2.16. The van der Waals surface area contributed by atoms with Crippen molar-refractivity contribution in [2.75, 3.05) is 31.5 Å². The van der Waals surface area contributed by atoms with Gasteiger partial charge in [0.15, 0.2) is 0 Å². The Kier molecular flexibility index (Phi) is 6.71. The van der Waals surface area contributed by atoms with Crippen molar-refractivity contribution >= 4 is 46.7 Å². The van der Waals surface area contributed by atoms with Gasteiger partial charge in [-0.25, -0.2) is 0 Å². The lowest BCUT2D eigenvalue weighted by molar-refractivity contribution is -0.117. The van der Waals surface area contributed by atoms with Crippen LogP contribution in [0.1, 0.15) is 19.8 Å². The van der Waals surface area contributed by atoms with Crippen LogP contribution in [0.5, 0.6) is 0 Å². The van der Waals surface area contributed by atoms with Gasteiger partial charge in [-0.05, 0) is 38.1 Å². The number of hydrogen-bond acceptors (Lipinski definition) is 5. The van der Waals surface area contributed by atoms with Gasteiger partial charge in [-0.1, -0.05) is 13.0 Å². The standard InChI is InChI=1S/C15H21N5OS.ClH/c1-2-8-20(11-6-7-16-9-11)10-14(21)17-12-4-3-5-13-15(12)19-22-18-13;/h3-5,11,16H,2,6-10H2,1H3,(H,17,21);1H. The molecule has 23 heavy (non-hydrogen) atoms. The number of rotatable bonds is 6. The van der Waals surface area contributed by atoms with E-state index in [1.807, 2.05) is 18.2 Å². The molecular formula is C15H22ClN5OS. The van der Waals surface area contributed by atoms with Crippen LogP contribution in [0.25, 0.3) is 0 Å². The minimum absolute atomic E-state index is 0. The maximum atomic E-state index is 12.4. The van der Waals surface area contributed by atoms with Crippen molar-refractivity contribution in [3.05, 3.63) is 18.2 Å². The molecule has 1 unspecified atom stereocenters. The fourth-order valence-corrected chi connectivity index (χ4v) is 3.46. The predicted molar refractivity (Wildman–Crippen MR) is 97.0 cm³/mol. The number of benzene rings is 1. The topological polar surface area (TPSA) is 69.1 Å². The van der Waals surface area contributed by atoms with Crippen LogP contribution in [-0.4, -0.2) is 43.0 Å². The summed E-state index contributed by atoms with van der Waals surface area (Å²) in [5.41, 5.74) is 2.34. The Labute approximate surface area is 146 Å². The molecule has 1 saturated heterocycles. The average Bonchev–Trinajstić information content (AvgIpc) is 3.18. The van der Waals surface area contributed by atoms with Crippen LogP contribution in [0.15, 0.2) is 26.9 Å². The zero-order valence-corrected chi connectivity index (χ0v) is 14.8. The minimum Gasteiger partial charge on any atom is -0.323 e. The van der Waals surface area contributed by atoms with E-state index < -0.39 is 0 Å². The first-order valence-corrected chi connectivity index (χ1v) is 8.47. The Morgan fingerprint density at radius 3 is 3.09 bits per heavy atom. The Balaban J connectivity index is 0.00000192. The predicted octanol–water partition coefficient (Wildman–Crippen LogP) is 2.85. The van der Waals surface area contributed by atoms with Crippen LogP contribution >= 0.6 is 12.4 Å². The van der Waals surface area contributed by atoms with E-state index in [0.29, 0.717) is 12.6 Å². The van der Waals surface area contributed by atoms with Crippen molar-refractivity contribution in [1.82, 2.24) is 10.2 Å². The summed E-state index contributed by atoms with van der Waals surface area (Å²) in [4.78, 5) is 14.7. The second kappa shape index (κ2) is 8.54. The molecule has 2 aliphatic heterocycles. The van der Waals surface area contributed by atoms with Crippen LogP contribution in [-0.2, 0) is 16.1 Å². The third-order valence-corrected chi connectivity index (χ3v) is 4.51. The largest absolute Gasteiger partial charge is 0.323 e. The molecule has 0 saturated carbocycles. The van der Waals surface area contributed by atoms with Gasteiger partial charge in [0.2, 0.25) is 5.91 Å². The first-order valence-electron chi connectivity index (χ1n) is 7.74. The molecular weight excluding hydrogens is 334 g/mol. The molecule has 126 valence electrons. The zero-order chi connectivity index (χ0) is 15.4. The van der Waals surface area contributed by atoms with Crippen LogP contribution in [0.4, 0.5) is 17.1 Å². The SMILES string of the molecule is CCCN(CC(=O)Nc1cccc2c1N=S=N2)C1CCNC1.Cl. The zero-order valence-electron chi connectivity index (χ0n) is 13.1. The number of amides is 1. The summed E-state index contributed by atoms with van der Waals surface area (Å²) < 4.78 is 8.46. The van der Waals surface area contributed by atoms with Gasteiger partial charge in [0.25, 0.3) is 0 Å². The molecule has 1 aromatic rings. The Morgan fingerprint density at radius 2 is 2.35 bits per heavy atom. The second-order valence-corrected chi connectivity index (χ2v) is 6.13. The fourth-order valence-electron chi connectivity index (χ4n) is 2.91. The van der Waals surface area contributed by atoms with Gasteiger partial charge in [-0.3, -0.25) is 9.69 Å². The number of carbonyl (C=O) groups excluding carboxylic acids is 1. The first-order chi connectivity index (χ1) is 10.8. The van der Waals surface area contributed by atoms with Gasteiger partial charge < -0.3 is 10.6 Å². The van der Waals surface area contributed by atoms with E-state index in [0.717, 1.165) is 49.5 Å². The molecule has 0 aromatic heterocycles. The Bertz CT molecular complexity index is 626. The molecule has 1 fully saturated rings. The number of carbonyl (C=O) groups is 1. The van der Waals surface area contributed by atoms with Gasteiger partial charge in [-0.15, -0.1) is 12.4 Å². The highest BCUT2D eigenvalue weighted by Gasteiger charge is 2.24. The number of fused-ring (bicyclic) bond motifs is 1. The quantitative estimate of drug-likeness (QED) is 0.837. The van der Waals surface area contributed by atoms with Crippen LogP contribution < -0.4 is 10.6 Å². The highest BCUT2D eigenvalue weighted by molar-refractivity contribution is 7.58. The minimum atomic E-state index is 0. The molecule has 2 aliphatic rings. The first kappa shape index (κ1) is 18.1. The van der Waals surface area contributed by atoms with E-state index in [2.05, 4.69) is 31.2 Å². The van der Waals surface area contributed by atoms with Gasteiger partial charge >= 0.3 is 0 Å². The lowest BCUT2D eigenvalue weighted by atomic mass is 10.2.